The number of carbonyl (C=O) groups excluding carboxylic acids is 4. The van der Waals surface area contributed by atoms with E-state index >= 15 is 0 Å². The second-order valence-electron chi connectivity index (χ2n) is 9.08. The van der Waals surface area contributed by atoms with Gasteiger partial charge in [0.25, 0.3) is 5.91 Å². The first-order valence-electron chi connectivity index (χ1n) is 11.6. The molecule has 3 atom stereocenters. The molecule has 1 saturated carbocycles. The minimum Gasteiger partial charge on any atom is -0.444 e. The fraction of sp³-hybridized carbons (Fsp3) is 0.583. The SMILES string of the molecule is CC(C)C[C@H](NC(=O)OC1CCOC1)C(=O)N[C@@H](Cc1ccccc1)C(=O)C(=O)NC1CC1. The zero-order valence-corrected chi connectivity index (χ0v) is 19.2. The van der Waals surface area contributed by atoms with Crippen molar-refractivity contribution in [3.8, 4) is 0 Å². The molecule has 180 valence electrons. The molecule has 9 heteroatoms. The smallest absolute Gasteiger partial charge is 0.408 e. The van der Waals surface area contributed by atoms with Crippen molar-refractivity contribution in [3.63, 3.8) is 0 Å². The van der Waals surface area contributed by atoms with Crippen LogP contribution in [0.1, 0.15) is 45.1 Å². The lowest BCUT2D eigenvalue weighted by Crippen LogP contribution is -2.55. The van der Waals surface area contributed by atoms with Crippen LogP contribution in [-0.4, -0.2) is 61.1 Å². The Morgan fingerprint density at radius 3 is 2.36 bits per heavy atom. The van der Waals surface area contributed by atoms with E-state index < -0.39 is 35.8 Å². The monoisotopic (exact) mass is 459 g/mol. The van der Waals surface area contributed by atoms with Crippen molar-refractivity contribution in [2.24, 2.45) is 5.92 Å². The number of alkyl carbamates (subject to hydrolysis) is 1. The average molecular weight is 460 g/mol. The number of ketones is 1. The van der Waals surface area contributed by atoms with Gasteiger partial charge in [-0.2, -0.15) is 0 Å². The maximum absolute atomic E-state index is 13.1. The Bertz CT molecular complexity index is 834. The number of amides is 3. The summed E-state index contributed by atoms with van der Waals surface area (Å²) in [7, 11) is 0. The van der Waals surface area contributed by atoms with Crippen molar-refractivity contribution in [1.82, 2.24) is 16.0 Å². The minimum atomic E-state index is -1.05. The highest BCUT2D eigenvalue weighted by Crippen LogP contribution is 2.18. The number of Topliss-reactive ketones (excluding diaryl/α,β-unsaturated/α-hetero) is 1. The summed E-state index contributed by atoms with van der Waals surface area (Å²) in [6.07, 6.45) is 1.78. The summed E-state index contributed by atoms with van der Waals surface area (Å²) in [5.41, 5.74) is 0.810. The molecule has 1 heterocycles. The largest absolute Gasteiger partial charge is 0.444 e. The van der Waals surface area contributed by atoms with Crippen molar-refractivity contribution in [1.29, 1.82) is 0 Å². The molecule has 0 bridgehead atoms. The van der Waals surface area contributed by atoms with Gasteiger partial charge in [-0.1, -0.05) is 44.2 Å². The molecule has 1 saturated heterocycles. The van der Waals surface area contributed by atoms with E-state index in [-0.39, 0.29) is 24.5 Å². The van der Waals surface area contributed by atoms with Crippen molar-refractivity contribution in [3.05, 3.63) is 35.9 Å². The minimum absolute atomic E-state index is 0.0271. The summed E-state index contributed by atoms with van der Waals surface area (Å²) in [4.78, 5) is 50.8. The summed E-state index contributed by atoms with van der Waals surface area (Å²) >= 11 is 0. The molecule has 2 fully saturated rings. The molecule has 3 rings (SSSR count). The maximum atomic E-state index is 13.1. The van der Waals surface area contributed by atoms with Crippen LogP contribution in [0.3, 0.4) is 0 Å². The lowest BCUT2D eigenvalue weighted by molar-refractivity contribution is -0.140. The Hall–Kier alpha value is -2.94. The van der Waals surface area contributed by atoms with Crippen LogP contribution in [0.4, 0.5) is 4.79 Å². The van der Waals surface area contributed by atoms with Gasteiger partial charge in [-0.3, -0.25) is 14.4 Å². The molecule has 33 heavy (non-hydrogen) atoms. The molecule has 0 spiro atoms. The predicted molar refractivity (Wildman–Crippen MR) is 120 cm³/mol. The van der Waals surface area contributed by atoms with Crippen LogP contribution >= 0.6 is 0 Å². The molecule has 0 aromatic heterocycles. The van der Waals surface area contributed by atoms with Gasteiger partial charge in [0.2, 0.25) is 11.7 Å². The summed E-state index contributed by atoms with van der Waals surface area (Å²) in [5.74, 6) is -1.84. The summed E-state index contributed by atoms with van der Waals surface area (Å²) in [6, 6.07) is 7.24. The molecule has 1 aromatic rings. The third-order valence-electron chi connectivity index (χ3n) is 5.53. The van der Waals surface area contributed by atoms with Crippen molar-refractivity contribution >= 4 is 23.7 Å². The second kappa shape index (κ2) is 11.8. The van der Waals surface area contributed by atoms with Crippen LogP contribution in [0, 0.1) is 5.92 Å². The lowest BCUT2D eigenvalue weighted by atomic mass is 9.99. The first kappa shape index (κ1) is 24.7. The van der Waals surface area contributed by atoms with Gasteiger partial charge in [0.1, 0.15) is 18.2 Å². The quantitative estimate of drug-likeness (QED) is 0.431. The topological polar surface area (TPSA) is 123 Å². The maximum Gasteiger partial charge on any atom is 0.408 e. The molecule has 2 aliphatic rings. The first-order valence-corrected chi connectivity index (χ1v) is 11.6. The first-order chi connectivity index (χ1) is 15.8. The molecular formula is C24H33N3O6. The number of hydrogen-bond donors (Lipinski definition) is 3. The van der Waals surface area contributed by atoms with Gasteiger partial charge in [-0.05, 0) is 30.7 Å². The third kappa shape index (κ3) is 8.16. The second-order valence-corrected chi connectivity index (χ2v) is 9.08. The molecule has 1 aliphatic carbocycles. The van der Waals surface area contributed by atoms with E-state index in [2.05, 4.69) is 16.0 Å². The van der Waals surface area contributed by atoms with Gasteiger partial charge in [0.15, 0.2) is 0 Å². The van der Waals surface area contributed by atoms with E-state index in [4.69, 9.17) is 9.47 Å². The Balaban J connectivity index is 1.67. The van der Waals surface area contributed by atoms with Crippen LogP contribution in [-0.2, 0) is 30.3 Å². The van der Waals surface area contributed by atoms with Crippen molar-refractivity contribution in [2.45, 2.75) is 70.2 Å². The van der Waals surface area contributed by atoms with Crippen molar-refractivity contribution in [2.75, 3.05) is 13.2 Å². The van der Waals surface area contributed by atoms with Crippen LogP contribution in [0.25, 0.3) is 0 Å². The van der Waals surface area contributed by atoms with Gasteiger partial charge < -0.3 is 25.4 Å². The number of nitrogens with one attached hydrogen (secondary N) is 3. The van der Waals surface area contributed by atoms with Gasteiger partial charge in [-0.25, -0.2) is 4.79 Å². The normalized spacial score (nSPS) is 19.4. The van der Waals surface area contributed by atoms with E-state index in [1.807, 2.05) is 44.2 Å². The summed E-state index contributed by atoms with van der Waals surface area (Å²) < 4.78 is 10.5. The lowest BCUT2D eigenvalue weighted by Gasteiger charge is -2.24. The fourth-order valence-electron chi connectivity index (χ4n) is 3.61. The van der Waals surface area contributed by atoms with Gasteiger partial charge >= 0.3 is 6.09 Å². The molecule has 1 unspecified atom stereocenters. The van der Waals surface area contributed by atoms with Crippen LogP contribution in [0.5, 0.6) is 0 Å². The highest BCUT2D eigenvalue weighted by atomic mass is 16.6. The standard InChI is InChI=1S/C24H33N3O6/c1-15(2)12-20(27-24(31)33-18-10-11-32-14-18)22(29)26-19(13-16-6-4-3-5-7-16)21(28)23(30)25-17-8-9-17/h3-7,15,17-20H,8-14H2,1-2H3,(H,25,30)(H,26,29)(H,27,31)/t18?,19-,20-/m0/s1. The Morgan fingerprint density at radius 2 is 1.76 bits per heavy atom. The van der Waals surface area contributed by atoms with Crippen LogP contribution < -0.4 is 16.0 Å². The van der Waals surface area contributed by atoms with Crippen LogP contribution in [0.15, 0.2) is 30.3 Å². The Kier molecular flexibility index (Phi) is 8.82. The number of benzene rings is 1. The number of hydrogen-bond acceptors (Lipinski definition) is 6. The summed E-state index contributed by atoms with van der Waals surface area (Å²) in [6.45, 7) is 4.71. The Labute approximate surface area is 194 Å². The Morgan fingerprint density at radius 1 is 1.03 bits per heavy atom. The molecule has 9 nitrogen and oxygen atoms in total. The molecule has 1 aliphatic heterocycles. The zero-order valence-electron chi connectivity index (χ0n) is 19.2. The van der Waals surface area contributed by atoms with Gasteiger partial charge in [-0.15, -0.1) is 0 Å². The molecule has 0 radical (unpaired) electrons. The highest BCUT2D eigenvalue weighted by molar-refractivity contribution is 6.38. The molecular weight excluding hydrogens is 426 g/mol. The van der Waals surface area contributed by atoms with E-state index in [0.717, 1.165) is 18.4 Å². The van der Waals surface area contributed by atoms with Gasteiger partial charge in [0, 0.05) is 18.9 Å². The molecule has 3 amide bonds. The van der Waals surface area contributed by atoms with E-state index in [0.29, 0.717) is 26.1 Å². The van der Waals surface area contributed by atoms with Gasteiger partial charge in [0.05, 0.1) is 13.2 Å². The van der Waals surface area contributed by atoms with Crippen molar-refractivity contribution < 1.29 is 28.7 Å². The summed E-state index contributed by atoms with van der Waals surface area (Å²) in [5, 5.41) is 8.00. The van der Waals surface area contributed by atoms with E-state index in [1.54, 1.807) is 0 Å². The fourth-order valence-corrected chi connectivity index (χ4v) is 3.61. The van der Waals surface area contributed by atoms with Crippen LogP contribution in [0.2, 0.25) is 0 Å². The third-order valence-corrected chi connectivity index (χ3v) is 5.53. The number of rotatable bonds is 11. The molecule has 1 aromatic carbocycles. The predicted octanol–water partition coefficient (Wildman–Crippen LogP) is 1.49. The number of ether oxygens (including phenoxy) is 2. The zero-order chi connectivity index (χ0) is 23.8. The number of carbonyl (C=O) groups is 4. The van der Waals surface area contributed by atoms with E-state index in [9.17, 15) is 19.2 Å². The highest BCUT2D eigenvalue weighted by Gasteiger charge is 2.34. The molecule has 3 N–H and O–H groups in total. The van der Waals surface area contributed by atoms with E-state index in [1.165, 1.54) is 0 Å². The average Bonchev–Trinajstić information content (AvgIpc) is 3.44.